The molecule has 0 spiro atoms. The Morgan fingerprint density at radius 3 is 2.19 bits per heavy atom. The Morgan fingerprint density at radius 1 is 1.12 bits per heavy atom. The van der Waals surface area contributed by atoms with Crippen LogP contribution in [0.15, 0.2) is 54.7 Å². The van der Waals surface area contributed by atoms with Gasteiger partial charge in [-0.05, 0) is 44.5 Å². The van der Waals surface area contributed by atoms with Crippen molar-refractivity contribution < 1.29 is 4.79 Å². The number of carbonyl (C=O) groups is 1. The van der Waals surface area contributed by atoms with E-state index in [0.29, 0.717) is 18.2 Å². The second kappa shape index (κ2) is 10.7. The Labute approximate surface area is 158 Å². The molecule has 4 nitrogen and oxygen atoms in total. The molecule has 0 saturated carbocycles. The van der Waals surface area contributed by atoms with Gasteiger partial charge in [-0.15, -0.1) is 0 Å². The lowest BCUT2D eigenvalue weighted by Crippen LogP contribution is -2.46. The molecule has 0 radical (unpaired) electrons. The SMILES string of the molecule is CC.CCN(CCC(C(N)=O)(c1ccccc1)c1ccccn1)C(C)C. The van der Waals surface area contributed by atoms with Gasteiger partial charge in [0.1, 0.15) is 5.41 Å². The maximum absolute atomic E-state index is 12.7. The van der Waals surface area contributed by atoms with Gasteiger partial charge in [0.15, 0.2) is 0 Å². The molecule has 26 heavy (non-hydrogen) atoms. The van der Waals surface area contributed by atoms with Gasteiger partial charge in [-0.1, -0.05) is 57.2 Å². The Hall–Kier alpha value is -2.20. The van der Waals surface area contributed by atoms with Gasteiger partial charge >= 0.3 is 0 Å². The summed E-state index contributed by atoms with van der Waals surface area (Å²) in [7, 11) is 0. The quantitative estimate of drug-likeness (QED) is 0.778. The molecule has 1 atom stereocenters. The van der Waals surface area contributed by atoms with Crippen LogP contribution in [-0.2, 0) is 10.2 Å². The first-order valence-corrected chi connectivity index (χ1v) is 9.53. The molecule has 1 aromatic heterocycles. The number of pyridine rings is 1. The minimum Gasteiger partial charge on any atom is -0.369 e. The van der Waals surface area contributed by atoms with Crippen LogP contribution in [0.1, 0.15) is 52.3 Å². The fourth-order valence-corrected chi connectivity index (χ4v) is 3.24. The summed E-state index contributed by atoms with van der Waals surface area (Å²) in [6, 6.07) is 15.8. The van der Waals surface area contributed by atoms with Crippen molar-refractivity contribution in [2.45, 2.75) is 52.5 Å². The fourth-order valence-electron chi connectivity index (χ4n) is 3.24. The molecule has 0 bridgehead atoms. The zero-order valence-electron chi connectivity index (χ0n) is 16.8. The van der Waals surface area contributed by atoms with Crippen molar-refractivity contribution >= 4 is 5.91 Å². The van der Waals surface area contributed by atoms with Crippen LogP contribution in [0.3, 0.4) is 0 Å². The maximum Gasteiger partial charge on any atom is 0.234 e. The lowest BCUT2D eigenvalue weighted by molar-refractivity contribution is -0.122. The Kier molecular flexibility index (Phi) is 9.00. The van der Waals surface area contributed by atoms with E-state index in [1.807, 2.05) is 62.4 Å². The Bertz CT molecular complexity index is 601. The van der Waals surface area contributed by atoms with E-state index >= 15 is 0 Å². The summed E-state index contributed by atoms with van der Waals surface area (Å²) >= 11 is 0. The molecule has 0 aliphatic heterocycles. The highest BCUT2D eigenvalue weighted by Crippen LogP contribution is 2.34. The number of carbonyl (C=O) groups excluding carboxylic acids is 1. The van der Waals surface area contributed by atoms with Crippen LogP contribution in [0.2, 0.25) is 0 Å². The van der Waals surface area contributed by atoms with Gasteiger partial charge in [0.05, 0.1) is 5.69 Å². The molecular formula is C22H33N3O. The topological polar surface area (TPSA) is 59.2 Å². The third-order valence-corrected chi connectivity index (χ3v) is 4.70. The van der Waals surface area contributed by atoms with Gasteiger partial charge in [0.25, 0.3) is 0 Å². The predicted molar refractivity (Wildman–Crippen MR) is 109 cm³/mol. The second-order valence-corrected chi connectivity index (χ2v) is 6.32. The summed E-state index contributed by atoms with van der Waals surface area (Å²) in [4.78, 5) is 19.5. The van der Waals surface area contributed by atoms with Gasteiger partial charge in [-0.3, -0.25) is 9.78 Å². The number of benzene rings is 1. The number of rotatable bonds is 8. The van der Waals surface area contributed by atoms with Crippen molar-refractivity contribution in [2.24, 2.45) is 5.73 Å². The van der Waals surface area contributed by atoms with Gasteiger partial charge in [-0.25, -0.2) is 0 Å². The van der Waals surface area contributed by atoms with Crippen LogP contribution in [0.4, 0.5) is 0 Å². The van der Waals surface area contributed by atoms with Crippen molar-refractivity contribution in [3.8, 4) is 0 Å². The zero-order valence-corrected chi connectivity index (χ0v) is 16.8. The normalized spacial score (nSPS) is 13.0. The van der Waals surface area contributed by atoms with Crippen LogP contribution in [0.25, 0.3) is 0 Å². The molecule has 0 fully saturated rings. The summed E-state index contributed by atoms with van der Waals surface area (Å²) in [6.45, 7) is 12.2. The molecule has 0 aliphatic rings. The molecule has 2 rings (SSSR count). The largest absolute Gasteiger partial charge is 0.369 e. The summed E-state index contributed by atoms with van der Waals surface area (Å²) in [5.74, 6) is -0.354. The smallest absolute Gasteiger partial charge is 0.234 e. The third-order valence-electron chi connectivity index (χ3n) is 4.70. The molecule has 1 unspecified atom stereocenters. The van der Waals surface area contributed by atoms with E-state index in [4.69, 9.17) is 5.73 Å². The number of amides is 1. The molecule has 142 valence electrons. The van der Waals surface area contributed by atoms with E-state index in [1.165, 1.54) is 0 Å². The first-order valence-electron chi connectivity index (χ1n) is 9.53. The van der Waals surface area contributed by atoms with Gasteiger partial charge in [0, 0.05) is 18.8 Å². The molecule has 1 amide bonds. The molecule has 2 aromatic rings. The average molecular weight is 356 g/mol. The molecular weight excluding hydrogens is 322 g/mol. The maximum atomic E-state index is 12.7. The lowest BCUT2D eigenvalue weighted by atomic mass is 9.73. The number of nitrogens with two attached hydrogens (primary N) is 1. The highest BCUT2D eigenvalue weighted by molar-refractivity contribution is 5.90. The standard InChI is InChI=1S/C20H27N3O.C2H6/c1-4-23(16(2)3)15-13-20(19(21)24,17-10-6-5-7-11-17)18-12-8-9-14-22-18;1-2/h5-12,14,16H,4,13,15H2,1-3H3,(H2,21,24);1-2H3. The summed E-state index contributed by atoms with van der Waals surface area (Å²) < 4.78 is 0. The first kappa shape index (κ1) is 21.8. The highest BCUT2D eigenvalue weighted by atomic mass is 16.1. The monoisotopic (exact) mass is 355 g/mol. The summed E-state index contributed by atoms with van der Waals surface area (Å²) in [5, 5.41) is 0. The number of aromatic nitrogens is 1. The van der Waals surface area contributed by atoms with Crippen LogP contribution >= 0.6 is 0 Å². The fraction of sp³-hybridized carbons (Fsp3) is 0.455. The van der Waals surface area contributed by atoms with E-state index in [-0.39, 0.29) is 5.91 Å². The molecule has 1 aromatic carbocycles. The number of nitrogens with zero attached hydrogens (tertiary/aromatic N) is 2. The van der Waals surface area contributed by atoms with Crippen molar-refractivity contribution in [1.29, 1.82) is 0 Å². The zero-order chi connectivity index (χ0) is 19.6. The van der Waals surface area contributed by atoms with E-state index in [2.05, 4.69) is 30.7 Å². The number of hydrogen-bond acceptors (Lipinski definition) is 3. The van der Waals surface area contributed by atoms with Crippen molar-refractivity contribution in [2.75, 3.05) is 13.1 Å². The van der Waals surface area contributed by atoms with E-state index in [0.717, 1.165) is 18.7 Å². The molecule has 4 heteroatoms. The second-order valence-electron chi connectivity index (χ2n) is 6.32. The average Bonchev–Trinajstić information content (AvgIpc) is 2.68. The van der Waals surface area contributed by atoms with E-state index in [9.17, 15) is 4.79 Å². The first-order chi connectivity index (χ1) is 12.5. The number of hydrogen-bond donors (Lipinski definition) is 1. The van der Waals surface area contributed by atoms with E-state index in [1.54, 1.807) is 6.20 Å². The van der Waals surface area contributed by atoms with Gasteiger partial charge < -0.3 is 10.6 Å². The van der Waals surface area contributed by atoms with Gasteiger partial charge in [-0.2, -0.15) is 0 Å². The van der Waals surface area contributed by atoms with Gasteiger partial charge in [0.2, 0.25) is 5.91 Å². The Morgan fingerprint density at radius 2 is 1.73 bits per heavy atom. The van der Waals surface area contributed by atoms with Crippen LogP contribution in [0.5, 0.6) is 0 Å². The van der Waals surface area contributed by atoms with Crippen LogP contribution < -0.4 is 5.73 Å². The van der Waals surface area contributed by atoms with Crippen molar-refractivity contribution in [3.05, 3.63) is 66.0 Å². The molecule has 0 saturated heterocycles. The van der Waals surface area contributed by atoms with Crippen LogP contribution in [-0.4, -0.2) is 34.9 Å². The minimum absolute atomic E-state index is 0.354. The summed E-state index contributed by atoms with van der Waals surface area (Å²) in [5.41, 5.74) is 6.64. The van der Waals surface area contributed by atoms with Crippen molar-refractivity contribution in [3.63, 3.8) is 0 Å². The Balaban J connectivity index is 0.00000163. The minimum atomic E-state index is -0.912. The molecule has 1 heterocycles. The summed E-state index contributed by atoms with van der Waals surface area (Å²) in [6.07, 6.45) is 2.32. The molecule has 2 N–H and O–H groups in total. The molecule has 0 aliphatic carbocycles. The highest BCUT2D eigenvalue weighted by Gasteiger charge is 2.41. The van der Waals surface area contributed by atoms with E-state index < -0.39 is 5.41 Å². The van der Waals surface area contributed by atoms with Crippen molar-refractivity contribution in [1.82, 2.24) is 9.88 Å². The number of primary amides is 1. The van der Waals surface area contributed by atoms with Crippen LogP contribution in [0, 0.1) is 0 Å². The third kappa shape index (κ3) is 4.92. The predicted octanol–water partition coefficient (Wildman–Crippen LogP) is 4.00. The lowest BCUT2D eigenvalue weighted by Gasteiger charge is -2.34.